The Balaban J connectivity index is 1.76. The number of hydrogen-bond acceptors (Lipinski definition) is 1. The Morgan fingerprint density at radius 3 is 2.68 bits per heavy atom. The first-order valence-electron chi connectivity index (χ1n) is 8.13. The van der Waals surface area contributed by atoms with E-state index in [2.05, 4.69) is 36.6 Å². The van der Waals surface area contributed by atoms with Crippen LogP contribution in [0.3, 0.4) is 0 Å². The van der Waals surface area contributed by atoms with Crippen LogP contribution in [0.5, 0.6) is 0 Å². The molecule has 2 atom stereocenters. The van der Waals surface area contributed by atoms with Gasteiger partial charge in [-0.25, -0.2) is 0 Å². The van der Waals surface area contributed by atoms with Crippen LogP contribution in [-0.2, 0) is 6.42 Å². The second-order valence-electron chi connectivity index (χ2n) is 6.48. The van der Waals surface area contributed by atoms with E-state index in [1.165, 1.54) is 51.4 Å². The fourth-order valence-electron chi connectivity index (χ4n) is 4.30. The van der Waals surface area contributed by atoms with E-state index in [1.807, 2.05) is 0 Å². The first-order valence-corrected chi connectivity index (χ1v) is 8.13. The van der Waals surface area contributed by atoms with Crippen LogP contribution in [0.15, 0.2) is 24.3 Å². The molecule has 0 bridgehead atoms. The Kier molecular flexibility index (Phi) is 4.22. The molecular formula is C18H27N. The predicted octanol–water partition coefficient (Wildman–Crippen LogP) is 4.27. The number of benzene rings is 1. The van der Waals surface area contributed by atoms with Gasteiger partial charge in [0.05, 0.1) is 0 Å². The van der Waals surface area contributed by atoms with Crippen molar-refractivity contribution in [1.82, 2.24) is 5.32 Å². The van der Waals surface area contributed by atoms with Crippen molar-refractivity contribution < 1.29 is 0 Å². The molecule has 0 amide bonds. The zero-order chi connectivity index (χ0) is 13.1. The van der Waals surface area contributed by atoms with Crippen molar-refractivity contribution in [2.75, 3.05) is 7.05 Å². The summed E-state index contributed by atoms with van der Waals surface area (Å²) in [5.41, 5.74) is 3.23. The summed E-state index contributed by atoms with van der Waals surface area (Å²) in [5.74, 6) is 1.72. The molecule has 3 rings (SSSR count). The lowest BCUT2D eigenvalue weighted by Gasteiger charge is -2.33. The molecule has 0 heterocycles. The lowest BCUT2D eigenvalue weighted by Crippen LogP contribution is -2.35. The molecule has 1 fully saturated rings. The van der Waals surface area contributed by atoms with E-state index in [-0.39, 0.29) is 0 Å². The van der Waals surface area contributed by atoms with Gasteiger partial charge in [0.2, 0.25) is 0 Å². The molecule has 2 unspecified atom stereocenters. The largest absolute Gasteiger partial charge is 0.316 e. The predicted molar refractivity (Wildman–Crippen MR) is 81.5 cm³/mol. The lowest BCUT2D eigenvalue weighted by atomic mass is 9.76. The molecule has 2 aliphatic carbocycles. The second-order valence-corrected chi connectivity index (χ2v) is 6.48. The maximum atomic E-state index is 3.64. The molecule has 1 aromatic rings. The monoisotopic (exact) mass is 257 g/mol. The number of hydrogen-bond donors (Lipinski definition) is 1. The topological polar surface area (TPSA) is 12.0 Å². The Hall–Kier alpha value is -0.820. The molecule has 104 valence electrons. The summed E-state index contributed by atoms with van der Waals surface area (Å²) >= 11 is 0. The number of fused-ring (bicyclic) bond motifs is 1. The zero-order valence-corrected chi connectivity index (χ0v) is 12.2. The van der Waals surface area contributed by atoms with Gasteiger partial charge in [-0.1, -0.05) is 49.9 Å². The van der Waals surface area contributed by atoms with Gasteiger partial charge in [0, 0.05) is 6.04 Å². The van der Waals surface area contributed by atoms with Crippen molar-refractivity contribution in [3.05, 3.63) is 35.4 Å². The Labute approximate surface area is 117 Å². The normalized spacial score (nSPS) is 25.2. The molecule has 19 heavy (non-hydrogen) atoms. The van der Waals surface area contributed by atoms with Gasteiger partial charge in [0.25, 0.3) is 0 Å². The highest BCUT2D eigenvalue weighted by atomic mass is 14.9. The molecule has 1 aromatic carbocycles. The standard InChI is InChI=1S/C18H27N/c1-19-18(13-14-7-2-3-8-14)17-12-6-10-15-9-4-5-11-16(15)17/h4-5,9,11,14,17-19H,2-3,6-8,10,12-13H2,1H3. The summed E-state index contributed by atoms with van der Waals surface area (Å²) in [7, 11) is 2.16. The summed E-state index contributed by atoms with van der Waals surface area (Å²) in [6.07, 6.45) is 11.3. The first-order chi connectivity index (χ1) is 9.38. The van der Waals surface area contributed by atoms with Crippen LogP contribution in [-0.4, -0.2) is 13.1 Å². The fourth-order valence-corrected chi connectivity index (χ4v) is 4.30. The van der Waals surface area contributed by atoms with Gasteiger partial charge in [-0.05, 0) is 55.7 Å². The number of likely N-dealkylation sites (N-methyl/N-ethyl adjacent to an activating group) is 1. The summed E-state index contributed by atoms with van der Waals surface area (Å²) in [6, 6.07) is 9.82. The average Bonchev–Trinajstić information content (AvgIpc) is 2.97. The summed E-state index contributed by atoms with van der Waals surface area (Å²) in [5, 5.41) is 3.64. The van der Waals surface area contributed by atoms with Crippen LogP contribution in [0.25, 0.3) is 0 Å². The number of rotatable bonds is 4. The van der Waals surface area contributed by atoms with E-state index < -0.39 is 0 Å². The smallest absolute Gasteiger partial charge is 0.0135 e. The maximum absolute atomic E-state index is 3.64. The van der Waals surface area contributed by atoms with Gasteiger partial charge in [-0.2, -0.15) is 0 Å². The second kappa shape index (κ2) is 6.09. The molecular weight excluding hydrogens is 230 g/mol. The van der Waals surface area contributed by atoms with Crippen molar-refractivity contribution >= 4 is 0 Å². The van der Waals surface area contributed by atoms with Crippen LogP contribution in [0.2, 0.25) is 0 Å². The van der Waals surface area contributed by atoms with Gasteiger partial charge in [0.1, 0.15) is 0 Å². The minimum Gasteiger partial charge on any atom is -0.316 e. The summed E-state index contributed by atoms with van der Waals surface area (Å²) < 4.78 is 0. The van der Waals surface area contributed by atoms with Crippen molar-refractivity contribution in [2.45, 2.75) is 63.3 Å². The van der Waals surface area contributed by atoms with E-state index in [0.717, 1.165) is 11.8 Å². The molecule has 0 saturated heterocycles. The Morgan fingerprint density at radius 2 is 1.89 bits per heavy atom. The third kappa shape index (κ3) is 2.86. The van der Waals surface area contributed by atoms with Gasteiger partial charge in [-0.3, -0.25) is 0 Å². The number of nitrogens with one attached hydrogen (secondary N) is 1. The van der Waals surface area contributed by atoms with Crippen molar-refractivity contribution in [1.29, 1.82) is 0 Å². The van der Waals surface area contributed by atoms with E-state index in [4.69, 9.17) is 0 Å². The van der Waals surface area contributed by atoms with E-state index in [1.54, 1.807) is 11.1 Å². The number of aryl methyl sites for hydroxylation is 1. The van der Waals surface area contributed by atoms with E-state index >= 15 is 0 Å². The molecule has 0 radical (unpaired) electrons. The third-order valence-corrected chi connectivity index (χ3v) is 5.33. The minimum atomic E-state index is 0.685. The average molecular weight is 257 g/mol. The molecule has 1 nitrogen and oxygen atoms in total. The van der Waals surface area contributed by atoms with Crippen LogP contribution in [0.4, 0.5) is 0 Å². The van der Waals surface area contributed by atoms with Gasteiger partial charge in [-0.15, -0.1) is 0 Å². The summed E-state index contributed by atoms with van der Waals surface area (Å²) in [4.78, 5) is 0. The summed E-state index contributed by atoms with van der Waals surface area (Å²) in [6.45, 7) is 0. The Bertz CT molecular complexity index is 406. The third-order valence-electron chi connectivity index (χ3n) is 5.33. The Morgan fingerprint density at radius 1 is 1.11 bits per heavy atom. The molecule has 1 N–H and O–H groups in total. The molecule has 0 aromatic heterocycles. The van der Waals surface area contributed by atoms with Crippen LogP contribution < -0.4 is 5.32 Å². The van der Waals surface area contributed by atoms with Crippen molar-refractivity contribution in [2.24, 2.45) is 5.92 Å². The highest BCUT2D eigenvalue weighted by Gasteiger charge is 2.29. The van der Waals surface area contributed by atoms with Crippen molar-refractivity contribution in [3.8, 4) is 0 Å². The molecule has 0 spiro atoms. The highest BCUT2D eigenvalue weighted by molar-refractivity contribution is 5.33. The maximum Gasteiger partial charge on any atom is 0.0135 e. The molecule has 0 aliphatic heterocycles. The molecule has 1 saturated carbocycles. The van der Waals surface area contributed by atoms with Gasteiger partial charge in [0.15, 0.2) is 0 Å². The minimum absolute atomic E-state index is 0.685. The fraction of sp³-hybridized carbons (Fsp3) is 0.667. The van der Waals surface area contributed by atoms with Crippen molar-refractivity contribution in [3.63, 3.8) is 0 Å². The lowest BCUT2D eigenvalue weighted by molar-refractivity contribution is 0.336. The van der Waals surface area contributed by atoms with Crippen LogP contribution in [0.1, 0.15) is 62.0 Å². The first kappa shape index (κ1) is 13.2. The highest BCUT2D eigenvalue weighted by Crippen LogP contribution is 2.38. The quantitative estimate of drug-likeness (QED) is 0.849. The zero-order valence-electron chi connectivity index (χ0n) is 12.2. The van der Waals surface area contributed by atoms with Crippen LogP contribution in [0, 0.1) is 5.92 Å². The van der Waals surface area contributed by atoms with E-state index in [9.17, 15) is 0 Å². The molecule has 2 aliphatic rings. The van der Waals surface area contributed by atoms with E-state index in [0.29, 0.717) is 6.04 Å². The SMILES string of the molecule is CNC(CC1CCCC1)C1CCCc2ccccc21. The van der Waals surface area contributed by atoms with Gasteiger partial charge >= 0.3 is 0 Å². The van der Waals surface area contributed by atoms with Gasteiger partial charge < -0.3 is 5.32 Å². The van der Waals surface area contributed by atoms with Crippen LogP contribution >= 0.6 is 0 Å². The molecule has 1 heteroatoms.